The predicted octanol–water partition coefficient (Wildman–Crippen LogP) is 3.65. The molecule has 2 nitrogen and oxygen atoms in total. The van der Waals surface area contributed by atoms with E-state index in [4.69, 9.17) is 11.6 Å². The quantitative estimate of drug-likeness (QED) is 0.762. The maximum Gasteiger partial charge on any atom is 0.201 e. The standard InChI is InChI=1S/C11H13ClN2/c1-6(2)8-4-7(3)5-9-10(8)14-11(12)13-9/h4-6H,1-3H3,(H,13,14). The number of hydrogen-bond donors (Lipinski definition) is 1. The molecule has 0 aliphatic heterocycles. The SMILES string of the molecule is Cc1cc(C(C)C)c2nc(Cl)[nH]c2c1. The Labute approximate surface area is 88.3 Å². The maximum atomic E-state index is 5.85. The zero-order valence-electron chi connectivity index (χ0n) is 8.56. The van der Waals surface area contributed by atoms with Crippen LogP contribution in [0.5, 0.6) is 0 Å². The van der Waals surface area contributed by atoms with Gasteiger partial charge in [0.05, 0.1) is 11.0 Å². The first kappa shape index (κ1) is 9.53. The third-order valence-corrected chi connectivity index (χ3v) is 2.53. The summed E-state index contributed by atoms with van der Waals surface area (Å²) in [4.78, 5) is 7.33. The van der Waals surface area contributed by atoms with Gasteiger partial charge in [-0.05, 0) is 41.6 Å². The van der Waals surface area contributed by atoms with E-state index in [0.29, 0.717) is 11.2 Å². The highest BCUT2D eigenvalue weighted by Gasteiger charge is 2.09. The summed E-state index contributed by atoms with van der Waals surface area (Å²) in [5.74, 6) is 0.469. The number of H-pyrrole nitrogens is 1. The fourth-order valence-electron chi connectivity index (χ4n) is 1.70. The Hall–Kier alpha value is -1.02. The Morgan fingerprint density at radius 1 is 1.36 bits per heavy atom. The van der Waals surface area contributed by atoms with Crippen molar-refractivity contribution in [2.24, 2.45) is 0 Å². The first-order valence-electron chi connectivity index (χ1n) is 4.73. The lowest BCUT2D eigenvalue weighted by molar-refractivity contribution is 0.872. The van der Waals surface area contributed by atoms with Gasteiger partial charge >= 0.3 is 0 Å². The smallest absolute Gasteiger partial charge is 0.201 e. The van der Waals surface area contributed by atoms with Crippen LogP contribution in [0.1, 0.15) is 30.9 Å². The van der Waals surface area contributed by atoms with Crippen molar-refractivity contribution in [2.45, 2.75) is 26.7 Å². The number of halogens is 1. The monoisotopic (exact) mass is 208 g/mol. The van der Waals surface area contributed by atoms with E-state index in [2.05, 4.69) is 42.9 Å². The number of nitrogens with one attached hydrogen (secondary N) is 1. The van der Waals surface area contributed by atoms with E-state index in [1.807, 2.05) is 0 Å². The molecule has 0 saturated carbocycles. The average molecular weight is 209 g/mol. The third kappa shape index (κ3) is 1.50. The molecule has 0 radical (unpaired) electrons. The van der Waals surface area contributed by atoms with Gasteiger partial charge in [0.2, 0.25) is 5.28 Å². The molecule has 0 bridgehead atoms. The van der Waals surface area contributed by atoms with Crippen LogP contribution in [0.4, 0.5) is 0 Å². The molecular weight excluding hydrogens is 196 g/mol. The Bertz CT molecular complexity index is 471. The summed E-state index contributed by atoms with van der Waals surface area (Å²) < 4.78 is 0. The van der Waals surface area contributed by atoms with Gasteiger partial charge in [0, 0.05) is 0 Å². The average Bonchev–Trinajstić information content (AvgIpc) is 2.42. The van der Waals surface area contributed by atoms with Crippen molar-refractivity contribution in [3.8, 4) is 0 Å². The van der Waals surface area contributed by atoms with Crippen LogP contribution in [0.3, 0.4) is 0 Å². The molecule has 2 rings (SSSR count). The van der Waals surface area contributed by atoms with Crippen LogP contribution >= 0.6 is 11.6 Å². The fourth-order valence-corrected chi connectivity index (χ4v) is 1.89. The van der Waals surface area contributed by atoms with Gasteiger partial charge in [-0.25, -0.2) is 4.98 Å². The lowest BCUT2D eigenvalue weighted by atomic mass is 9.99. The second-order valence-corrected chi connectivity index (χ2v) is 4.29. The molecule has 3 heteroatoms. The summed E-state index contributed by atoms with van der Waals surface area (Å²) in [6.07, 6.45) is 0. The van der Waals surface area contributed by atoms with Crippen LogP contribution in [0.2, 0.25) is 5.28 Å². The van der Waals surface area contributed by atoms with E-state index in [1.165, 1.54) is 11.1 Å². The van der Waals surface area contributed by atoms with Gasteiger partial charge in [0.15, 0.2) is 0 Å². The Morgan fingerprint density at radius 2 is 2.07 bits per heavy atom. The van der Waals surface area contributed by atoms with Crippen molar-refractivity contribution in [3.63, 3.8) is 0 Å². The Morgan fingerprint density at radius 3 is 2.71 bits per heavy atom. The van der Waals surface area contributed by atoms with Crippen LogP contribution in [0.15, 0.2) is 12.1 Å². The lowest BCUT2D eigenvalue weighted by Crippen LogP contribution is -1.90. The second-order valence-electron chi connectivity index (χ2n) is 3.93. The largest absolute Gasteiger partial charge is 0.329 e. The highest BCUT2D eigenvalue weighted by Crippen LogP contribution is 2.26. The minimum atomic E-state index is 0.465. The van der Waals surface area contributed by atoms with Gasteiger partial charge in [-0.2, -0.15) is 0 Å². The van der Waals surface area contributed by atoms with Crippen LogP contribution in [-0.4, -0.2) is 9.97 Å². The topological polar surface area (TPSA) is 28.7 Å². The number of benzene rings is 1. The molecule has 0 atom stereocenters. The molecule has 1 aromatic carbocycles. The van der Waals surface area contributed by atoms with Crippen molar-refractivity contribution in [1.82, 2.24) is 9.97 Å². The van der Waals surface area contributed by atoms with E-state index >= 15 is 0 Å². The van der Waals surface area contributed by atoms with Gasteiger partial charge in [0.1, 0.15) is 0 Å². The zero-order chi connectivity index (χ0) is 10.3. The van der Waals surface area contributed by atoms with Crippen LogP contribution in [0.25, 0.3) is 11.0 Å². The Balaban J connectivity index is 2.79. The Kier molecular flexibility index (Phi) is 2.23. The van der Waals surface area contributed by atoms with Crippen molar-refractivity contribution in [3.05, 3.63) is 28.5 Å². The summed E-state index contributed by atoms with van der Waals surface area (Å²) in [5.41, 5.74) is 4.51. The summed E-state index contributed by atoms with van der Waals surface area (Å²) >= 11 is 5.85. The van der Waals surface area contributed by atoms with E-state index in [0.717, 1.165) is 11.0 Å². The molecule has 14 heavy (non-hydrogen) atoms. The molecule has 1 N–H and O–H groups in total. The molecule has 0 spiro atoms. The van der Waals surface area contributed by atoms with Crippen LogP contribution in [0, 0.1) is 6.92 Å². The van der Waals surface area contributed by atoms with Gasteiger partial charge in [-0.1, -0.05) is 19.9 Å². The molecule has 1 aromatic heterocycles. The number of hydrogen-bond acceptors (Lipinski definition) is 1. The molecule has 2 aromatic rings. The third-order valence-electron chi connectivity index (χ3n) is 2.35. The zero-order valence-corrected chi connectivity index (χ0v) is 9.31. The lowest BCUT2D eigenvalue weighted by Gasteiger charge is -2.06. The van der Waals surface area contributed by atoms with Crippen LogP contribution < -0.4 is 0 Å². The first-order valence-corrected chi connectivity index (χ1v) is 5.11. The summed E-state index contributed by atoms with van der Waals surface area (Å²) in [5, 5.41) is 0.465. The molecular formula is C11H13ClN2. The first-order chi connectivity index (χ1) is 6.58. The van der Waals surface area contributed by atoms with Crippen molar-refractivity contribution in [1.29, 1.82) is 0 Å². The number of fused-ring (bicyclic) bond motifs is 1. The number of nitrogens with zero attached hydrogens (tertiary/aromatic N) is 1. The summed E-state index contributed by atoms with van der Waals surface area (Å²) in [6, 6.07) is 4.24. The van der Waals surface area contributed by atoms with Crippen molar-refractivity contribution in [2.75, 3.05) is 0 Å². The van der Waals surface area contributed by atoms with Gasteiger partial charge in [-0.15, -0.1) is 0 Å². The van der Waals surface area contributed by atoms with E-state index in [1.54, 1.807) is 0 Å². The van der Waals surface area contributed by atoms with Gasteiger partial charge < -0.3 is 4.98 Å². The number of aromatic nitrogens is 2. The van der Waals surface area contributed by atoms with E-state index in [9.17, 15) is 0 Å². The van der Waals surface area contributed by atoms with E-state index < -0.39 is 0 Å². The fraction of sp³-hybridized carbons (Fsp3) is 0.364. The number of imidazole rings is 1. The summed E-state index contributed by atoms with van der Waals surface area (Å²) in [7, 11) is 0. The van der Waals surface area contributed by atoms with Crippen molar-refractivity contribution < 1.29 is 0 Å². The molecule has 0 aliphatic carbocycles. The summed E-state index contributed by atoms with van der Waals surface area (Å²) in [6.45, 7) is 6.41. The highest BCUT2D eigenvalue weighted by molar-refractivity contribution is 6.29. The molecule has 0 unspecified atom stereocenters. The van der Waals surface area contributed by atoms with Gasteiger partial charge in [-0.3, -0.25) is 0 Å². The molecule has 1 heterocycles. The second kappa shape index (κ2) is 3.28. The number of aryl methyl sites for hydroxylation is 1. The van der Waals surface area contributed by atoms with E-state index in [-0.39, 0.29) is 0 Å². The number of rotatable bonds is 1. The van der Waals surface area contributed by atoms with Crippen molar-refractivity contribution >= 4 is 22.6 Å². The molecule has 74 valence electrons. The molecule has 0 aliphatic rings. The minimum Gasteiger partial charge on any atom is -0.329 e. The minimum absolute atomic E-state index is 0.465. The predicted molar refractivity (Wildman–Crippen MR) is 59.9 cm³/mol. The molecule has 0 fully saturated rings. The molecule has 0 saturated heterocycles. The normalized spacial score (nSPS) is 11.5. The van der Waals surface area contributed by atoms with Gasteiger partial charge in [0.25, 0.3) is 0 Å². The van der Waals surface area contributed by atoms with Crippen LogP contribution in [-0.2, 0) is 0 Å². The highest BCUT2D eigenvalue weighted by atomic mass is 35.5. The molecule has 0 amide bonds. The maximum absolute atomic E-state index is 5.85. The number of aromatic amines is 1.